The van der Waals surface area contributed by atoms with E-state index >= 15 is 0 Å². The van der Waals surface area contributed by atoms with Crippen LogP contribution >= 0.6 is 12.4 Å². The van der Waals surface area contributed by atoms with Crippen LogP contribution < -0.4 is 10.5 Å². The van der Waals surface area contributed by atoms with Crippen LogP contribution in [0, 0.1) is 0 Å². The Bertz CT molecular complexity index is 831. The predicted octanol–water partition coefficient (Wildman–Crippen LogP) is 4.88. The lowest BCUT2D eigenvalue weighted by atomic mass is 10.0. The van der Waals surface area contributed by atoms with E-state index in [1.165, 1.54) is 5.56 Å². The zero-order valence-corrected chi connectivity index (χ0v) is 16.0. The molecule has 5 nitrogen and oxygen atoms in total. The summed E-state index contributed by atoms with van der Waals surface area (Å²) >= 11 is 0. The van der Waals surface area contributed by atoms with E-state index in [4.69, 9.17) is 15.0 Å². The van der Waals surface area contributed by atoms with Crippen molar-refractivity contribution in [1.82, 2.24) is 10.1 Å². The molecule has 0 bridgehead atoms. The highest BCUT2D eigenvalue weighted by molar-refractivity contribution is 5.85. The average Bonchev–Trinajstić information content (AvgIpc) is 3.12. The van der Waals surface area contributed by atoms with E-state index < -0.39 is 0 Å². The highest BCUT2D eigenvalue weighted by Crippen LogP contribution is 2.26. The topological polar surface area (TPSA) is 74.2 Å². The summed E-state index contributed by atoms with van der Waals surface area (Å²) in [7, 11) is 0. The first-order chi connectivity index (χ1) is 12.1. The molecule has 3 aromatic rings. The van der Waals surface area contributed by atoms with Gasteiger partial charge in [0.25, 0.3) is 5.89 Å². The van der Waals surface area contributed by atoms with Gasteiger partial charge in [0, 0.05) is 12.1 Å². The van der Waals surface area contributed by atoms with Crippen LogP contribution in [0.4, 0.5) is 0 Å². The number of halogens is 1. The molecule has 0 aliphatic rings. The van der Waals surface area contributed by atoms with Gasteiger partial charge >= 0.3 is 0 Å². The van der Waals surface area contributed by atoms with Crippen LogP contribution in [0.25, 0.3) is 11.4 Å². The van der Waals surface area contributed by atoms with E-state index in [1.54, 1.807) is 0 Å². The molecule has 1 aromatic heterocycles. The van der Waals surface area contributed by atoms with Gasteiger partial charge in [0.15, 0.2) is 6.10 Å². The summed E-state index contributed by atoms with van der Waals surface area (Å²) < 4.78 is 11.3. The molecule has 0 saturated carbocycles. The van der Waals surface area contributed by atoms with Crippen LogP contribution in [-0.2, 0) is 6.54 Å². The molecule has 0 aliphatic heterocycles. The second-order valence-electron chi connectivity index (χ2n) is 6.34. The maximum atomic E-state index is 5.96. The van der Waals surface area contributed by atoms with Crippen LogP contribution in [0.1, 0.15) is 49.8 Å². The van der Waals surface area contributed by atoms with Crippen LogP contribution in [0.5, 0.6) is 5.75 Å². The zero-order chi connectivity index (χ0) is 17.8. The number of hydrogen-bond donors (Lipinski definition) is 1. The molecular formula is C20H24ClN3O2. The van der Waals surface area contributed by atoms with Crippen molar-refractivity contribution < 1.29 is 9.26 Å². The molecule has 0 fully saturated rings. The molecule has 1 heterocycles. The minimum absolute atomic E-state index is 0. The van der Waals surface area contributed by atoms with Crippen LogP contribution in [-0.4, -0.2) is 10.1 Å². The largest absolute Gasteiger partial charge is 0.481 e. The Labute approximate surface area is 160 Å². The molecule has 1 atom stereocenters. The third-order valence-corrected chi connectivity index (χ3v) is 4.07. The minimum Gasteiger partial charge on any atom is -0.481 e. The third-order valence-electron chi connectivity index (χ3n) is 4.07. The number of nitrogens with two attached hydrogens (primary N) is 1. The van der Waals surface area contributed by atoms with E-state index in [9.17, 15) is 0 Å². The highest BCUT2D eigenvalue weighted by Gasteiger charge is 2.17. The molecule has 2 aromatic carbocycles. The molecule has 138 valence electrons. The first-order valence-electron chi connectivity index (χ1n) is 8.46. The molecule has 26 heavy (non-hydrogen) atoms. The van der Waals surface area contributed by atoms with Crippen molar-refractivity contribution in [3.05, 3.63) is 65.5 Å². The number of rotatable bonds is 6. The number of hydrogen-bond acceptors (Lipinski definition) is 5. The van der Waals surface area contributed by atoms with Gasteiger partial charge in [-0.3, -0.25) is 0 Å². The Balaban J connectivity index is 0.00000243. The van der Waals surface area contributed by atoms with E-state index in [1.807, 2.05) is 49.4 Å². The summed E-state index contributed by atoms with van der Waals surface area (Å²) in [5.74, 6) is 2.24. The van der Waals surface area contributed by atoms with E-state index in [0.717, 1.165) is 16.9 Å². The first kappa shape index (κ1) is 19.9. The number of benzene rings is 2. The molecule has 0 saturated heterocycles. The van der Waals surface area contributed by atoms with Crippen molar-refractivity contribution in [2.45, 2.75) is 39.3 Å². The van der Waals surface area contributed by atoms with Gasteiger partial charge in [0.1, 0.15) is 5.75 Å². The van der Waals surface area contributed by atoms with Crippen molar-refractivity contribution in [1.29, 1.82) is 0 Å². The molecule has 0 amide bonds. The van der Waals surface area contributed by atoms with Gasteiger partial charge in [-0.1, -0.05) is 55.4 Å². The fourth-order valence-electron chi connectivity index (χ4n) is 2.51. The lowest BCUT2D eigenvalue weighted by Crippen LogP contribution is -2.04. The Kier molecular flexibility index (Phi) is 6.77. The maximum Gasteiger partial charge on any atom is 0.267 e. The van der Waals surface area contributed by atoms with Crippen LogP contribution in [0.15, 0.2) is 53.1 Å². The monoisotopic (exact) mass is 373 g/mol. The third kappa shape index (κ3) is 4.62. The van der Waals surface area contributed by atoms with Crippen molar-refractivity contribution in [2.24, 2.45) is 5.73 Å². The SMILES string of the molecule is CC(C)c1cccc(OC(C)c2nc(-c3ccc(CN)cc3)no2)c1.Cl. The van der Waals surface area contributed by atoms with Gasteiger partial charge in [-0.15, -0.1) is 12.4 Å². The van der Waals surface area contributed by atoms with Crippen molar-refractivity contribution in [3.63, 3.8) is 0 Å². The summed E-state index contributed by atoms with van der Waals surface area (Å²) in [5.41, 5.74) is 8.81. The minimum atomic E-state index is -0.327. The number of aromatic nitrogens is 2. The molecular weight excluding hydrogens is 350 g/mol. The Morgan fingerprint density at radius 2 is 1.81 bits per heavy atom. The second kappa shape index (κ2) is 8.83. The molecule has 0 aliphatic carbocycles. The fraction of sp³-hybridized carbons (Fsp3) is 0.300. The quantitative estimate of drug-likeness (QED) is 0.666. The summed E-state index contributed by atoms with van der Waals surface area (Å²) in [6, 6.07) is 15.9. The lowest BCUT2D eigenvalue weighted by molar-refractivity contribution is 0.175. The average molecular weight is 374 g/mol. The summed E-state index contributed by atoms with van der Waals surface area (Å²) in [5, 5.41) is 4.05. The molecule has 3 rings (SSSR count). The summed E-state index contributed by atoms with van der Waals surface area (Å²) in [4.78, 5) is 4.46. The van der Waals surface area contributed by atoms with Gasteiger partial charge < -0.3 is 15.0 Å². The second-order valence-corrected chi connectivity index (χ2v) is 6.34. The van der Waals surface area contributed by atoms with Crippen molar-refractivity contribution >= 4 is 12.4 Å². The van der Waals surface area contributed by atoms with Gasteiger partial charge in [-0.05, 0) is 36.1 Å². The predicted molar refractivity (Wildman–Crippen MR) is 104 cm³/mol. The fourth-order valence-corrected chi connectivity index (χ4v) is 2.51. The molecule has 0 spiro atoms. The zero-order valence-electron chi connectivity index (χ0n) is 15.2. The lowest BCUT2D eigenvalue weighted by Gasteiger charge is -2.13. The van der Waals surface area contributed by atoms with Gasteiger partial charge in [-0.25, -0.2) is 0 Å². The first-order valence-corrected chi connectivity index (χ1v) is 8.46. The van der Waals surface area contributed by atoms with Crippen LogP contribution in [0.3, 0.4) is 0 Å². The standard InChI is InChI=1S/C20H23N3O2.ClH/c1-13(2)17-5-4-6-18(11-17)24-14(3)20-22-19(23-25-20)16-9-7-15(12-21)8-10-16;/h4-11,13-14H,12,21H2,1-3H3;1H. The van der Waals surface area contributed by atoms with Crippen LogP contribution in [0.2, 0.25) is 0 Å². The van der Waals surface area contributed by atoms with E-state index in [-0.39, 0.29) is 18.5 Å². The van der Waals surface area contributed by atoms with E-state index in [0.29, 0.717) is 24.2 Å². The molecule has 6 heteroatoms. The van der Waals surface area contributed by atoms with Gasteiger partial charge in [0.05, 0.1) is 0 Å². The Hall–Kier alpha value is -2.37. The van der Waals surface area contributed by atoms with Crippen molar-refractivity contribution in [3.8, 4) is 17.1 Å². The maximum absolute atomic E-state index is 5.96. The van der Waals surface area contributed by atoms with E-state index in [2.05, 4.69) is 30.1 Å². The highest BCUT2D eigenvalue weighted by atomic mass is 35.5. The molecule has 0 radical (unpaired) electrons. The smallest absolute Gasteiger partial charge is 0.267 e. The Morgan fingerprint density at radius 3 is 2.46 bits per heavy atom. The summed E-state index contributed by atoms with van der Waals surface area (Å²) in [6.07, 6.45) is -0.327. The van der Waals surface area contributed by atoms with Gasteiger partial charge in [0.2, 0.25) is 5.82 Å². The van der Waals surface area contributed by atoms with Gasteiger partial charge in [-0.2, -0.15) is 4.98 Å². The number of nitrogens with zero attached hydrogens (tertiary/aromatic N) is 2. The molecule has 1 unspecified atom stereocenters. The summed E-state index contributed by atoms with van der Waals surface area (Å²) in [6.45, 7) is 6.72. The normalized spacial score (nSPS) is 11.9. The van der Waals surface area contributed by atoms with Crippen molar-refractivity contribution in [2.75, 3.05) is 0 Å². The number of ether oxygens (including phenoxy) is 1. The molecule has 2 N–H and O–H groups in total. The Morgan fingerprint density at radius 1 is 1.08 bits per heavy atom.